The Morgan fingerprint density at radius 2 is 2.00 bits per heavy atom. The molecule has 3 nitrogen and oxygen atoms in total. The van der Waals surface area contributed by atoms with Crippen molar-refractivity contribution in [3.05, 3.63) is 0 Å². The van der Waals surface area contributed by atoms with Crippen molar-refractivity contribution in [3.63, 3.8) is 0 Å². The molecule has 0 bridgehead atoms. The molecule has 1 aliphatic rings. The van der Waals surface area contributed by atoms with E-state index in [1.54, 1.807) is 0 Å². The predicted octanol–water partition coefficient (Wildman–Crippen LogP) is 1.99. The Morgan fingerprint density at radius 1 is 1.38 bits per heavy atom. The van der Waals surface area contributed by atoms with Gasteiger partial charge in [0, 0.05) is 24.9 Å². The molecule has 0 radical (unpaired) electrons. The van der Waals surface area contributed by atoms with Gasteiger partial charge in [-0.15, -0.1) is 0 Å². The van der Waals surface area contributed by atoms with Crippen molar-refractivity contribution in [2.45, 2.75) is 58.0 Å². The summed E-state index contributed by atoms with van der Waals surface area (Å²) in [5.41, 5.74) is 0. The average Bonchev–Trinajstić information content (AvgIpc) is 2.11. The van der Waals surface area contributed by atoms with Crippen LogP contribution >= 0.6 is 0 Å². The molecule has 2 unspecified atom stereocenters. The fourth-order valence-corrected chi connectivity index (χ4v) is 1.99. The summed E-state index contributed by atoms with van der Waals surface area (Å²) in [5.74, 6) is 0.301. The Morgan fingerprint density at radius 3 is 2.54 bits per heavy atom. The summed E-state index contributed by atoms with van der Waals surface area (Å²) in [6.07, 6.45) is 3.83. The molecule has 76 valence electrons. The molecule has 1 aliphatic heterocycles. The molecule has 1 rings (SSSR count). The van der Waals surface area contributed by atoms with Gasteiger partial charge in [0.1, 0.15) is 5.78 Å². The number of hydrogen-bond donors (Lipinski definition) is 1. The Balaban J connectivity index is 2.57. The van der Waals surface area contributed by atoms with Gasteiger partial charge in [-0.3, -0.25) is 4.79 Å². The second kappa shape index (κ2) is 4.72. The van der Waals surface area contributed by atoms with Crippen molar-refractivity contribution in [1.29, 1.82) is 0 Å². The van der Waals surface area contributed by atoms with Gasteiger partial charge in [-0.2, -0.15) is 5.06 Å². The summed E-state index contributed by atoms with van der Waals surface area (Å²) in [6, 6.07) is 0.119. The molecule has 0 aromatic heterocycles. The molecule has 0 saturated carbocycles. The van der Waals surface area contributed by atoms with Gasteiger partial charge in [0.05, 0.1) is 0 Å². The number of Topliss-reactive ketones (excluding diaryl/α,β-unsaturated/α-hetero) is 1. The molecule has 0 spiro atoms. The van der Waals surface area contributed by atoms with Gasteiger partial charge in [-0.1, -0.05) is 20.3 Å². The Bertz CT molecular complexity index is 182. The van der Waals surface area contributed by atoms with Gasteiger partial charge in [-0.05, 0) is 12.8 Å². The van der Waals surface area contributed by atoms with Crippen LogP contribution < -0.4 is 0 Å². The molecule has 1 saturated heterocycles. The van der Waals surface area contributed by atoms with E-state index in [-0.39, 0.29) is 12.1 Å². The first-order chi connectivity index (χ1) is 6.19. The topological polar surface area (TPSA) is 40.5 Å². The summed E-state index contributed by atoms with van der Waals surface area (Å²) in [5, 5.41) is 11.2. The zero-order valence-electron chi connectivity index (χ0n) is 8.49. The highest BCUT2D eigenvalue weighted by Gasteiger charge is 2.31. The number of hydrogen-bond acceptors (Lipinski definition) is 3. The summed E-state index contributed by atoms with van der Waals surface area (Å²) in [4.78, 5) is 11.3. The molecule has 2 atom stereocenters. The number of carbonyl (C=O) groups is 1. The average molecular weight is 185 g/mol. The van der Waals surface area contributed by atoms with Gasteiger partial charge in [0.2, 0.25) is 0 Å². The zero-order valence-corrected chi connectivity index (χ0v) is 8.49. The fraction of sp³-hybridized carbons (Fsp3) is 0.900. The van der Waals surface area contributed by atoms with Crippen LogP contribution in [-0.4, -0.2) is 28.1 Å². The number of nitrogens with zero attached hydrogens (tertiary/aromatic N) is 1. The van der Waals surface area contributed by atoms with Crippen LogP contribution in [0.4, 0.5) is 0 Å². The van der Waals surface area contributed by atoms with Gasteiger partial charge >= 0.3 is 0 Å². The molecule has 0 aromatic carbocycles. The molecular weight excluding hydrogens is 166 g/mol. The molecule has 1 N–H and O–H groups in total. The first-order valence-corrected chi connectivity index (χ1v) is 5.17. The molecule has 0 aliphatic carbocycles. The van der Waals surface area contributed by atoms with Gasteiger partial charge < -0.3 is 5.21 Å². The summed E-state index contributed by atoms with van der Waals surface area (Å²) >= 11 is 0. The highest BCUT2D eigenvalue weighted by Crippen LogP contribution is 2.23. The molecule has 3 heteroatoms. The lowest BCUT2D eigenvalue weighted by Gasteiger charge is -2.36. The van der Waals surface area contributed by atoms with E-state index in [9.17, 15) is 10.0 Å². The van der Waals surface area contributed by atoms with E-state index in [1.165, 1.54) is 5.06 Å². The third-order valence-electron chi connectivity index (χ3n) is 2.77. The standard InChI is InChI=1S/C10H19NO2/c1-3-5-9-7-10(12)6-8(4-2)11(9)13/h8-9,13H,3-7H2,1-2H3. The van der Waals surface area contributed by atoms with Crippen LogP contribution in [0.1, 0.15) is 46.0 Å². The minimum Gasteiger partial charge on any atom is -0.313 e. The van der Waals surface area contributed by atoms with E-state index in [4.69, 9.17) is 0 Å². The van der Waals surface area contributed by atoms with Crippen LogP contribution in [0.5, 0.6) is 0 Å². The molecule has 0 amide bonds. The van der Waals surface area contributed by atoms with Gasteiger partial charge in [0.25, 0.3) is 0 Å². The summed E-state index contributed by atoms with van der Waals surface area (Å²) in [6.45, 7) is 4.09. The third-order valence-corrected chi connectivity index (χ3v) is 2.77. The summed E-state index contributed by atoms with van der Waals surface area (Å²) in [7, 11) is 0. The van der Waals surface area contributed by atoms with Gasteiger partial charge in [-0.25, -0.2) is 0 Å². The number of rotatable bonds is 3. The lowest BCUT2D eigenvalue weighted by Crippen LogP contribution is -2.47. The second-order valence-electron chi connectivity index (χ2n) is 3.83. The maximum absolute atomic E-state index is 11.3. The zero-order chi connectivity index (χ0) is 9.84. The molecular formula is C10H19NO2. The van der Waals surface area contributed by atoms with E-state index in [1.807, 2.05) is 6.92 Å². The Labute approximate surface area is 79.7 Å². The van der Waals surface area contributed by atoms with Crippen LogP contribution in [0.25, 0.3) is 0 Å². The number of ketones is 1. The van der Waals surface area contributed by atoms with Gasteiger partial charge in [0.15, 0.2) is 0 Å². The Kier molecular flexibility index (Phi) is 3.88. The molecule has 13 heavy (non-hydrogen) atoms. The monoisotopic (exact) mass is 185 g/mol. The van der Waals surface area contributed by atoms with Crippen molar-refractivity contribution in [3.8, 4) is 0 Å². The second-order valence-corrected chi connectivity index (χ2v) is 3.83. The smallest absolute Gasteiger partial charge is 0.136 e. The normalized spacial score (nSPS) is 30.8. The lowest BCUT2D eigenvalue weighted by atomic mass is 9.93. The van der Waals surface area contributed by atoms with E-state index >= 15 is 0 Å². The van der Waals surface area contributed by atoms with Crippen molar-refractivity contribution >= 4 is 5.78 Å². The van der Waals surface area contributed by atoms with E-state index in [0.29, 0.717) is 18.6 Å². The highest BCUT2D eigenvalue weighted by atomic mass is 16.5. The fourth-order valence-electron chi connectivity index (χ4n) is 1.99. The summed E-state index contributed by atoms with van der Waals surface area (Å²) < 4.78 is 0. The van der Waals surface area contributed by atoms with Crippen LogP contribution in [-0.2, 0) is 4.79 Å². The molecule has 1 heterocycles. The van der Waals surface area contributed by atoms with Crippen molar-refractivity contribution in [2.24, 2.45) is 0 Å². The highest BCUT2D eigenvalue weighted by molar-refractivity contribution is 5.80. The third kappa shape index (κ3) is 2.51. The van der Waals surface area contributed by atoms with Crippen LogP contribution in [0, 0.1) is 0 Å². The van der Waals surface area contributed by atoms with Crippen LogP contribution in [0.15, 0.2) is 0 Å². The molecule has 1 fully saturated rings. The maximum atomic E-state index is 11.3. The van der Waals surface area contributed by atoms with Crippen molar-refractivity contribution in [2.75, 3.05) is 0 Å². The number of carbonyl (C=O) groups excluding carboxylic acids is 1. The predicted molar refractivity (Wildman–Crippen MR) is 50.6 cm³/mol. The van der Waals surface area contributed by atoms with E-state index < -0.39 is 0 Å². The number of piperidine rings is 1. The van der Waals surface area contributed by atoms with E-state index in [2.05, 4.69) is 6.92 Å². The first kappa shape index (κ1) is 10.7. The van der Waals surface area contributed by atoms with E-state index in [0.717, 1.165) is 19.3 Å². The maximum Gasteiger partial charge on any atom is 0.136 e. The SMILES string of the molecule is CCCC1CC(=O)CC(CC)N1O. The number of hydroxylamine groups is 2. The first-order valence-electron chi connectivity index (χ1n) is 5.17. The Hall–Kier alpha value is -0.410. The quantitative estimate of drug-likeness (QED) is 0.731. The van der Waals surface area contributed by atoms with Crippen LogP contribution in [0.2, 0.25) is 0 Å². The van der Waals surface area contributed by atoms with Crippen molar-refractivity contribution in [1.82, 2.24) is 5.06 Å². The largest absolute Gasteiger partial charge is 0.313 e. The van der Waals surface area contributed by atoms with Crippen molar-refractivity contribution < 1.29 is 10.0 Å². The minimum atomic E-state index is 0.0535. The lowest BCUT2D eigenvalue weighted by molar-refractivity contribution is -0.183. The molecule has 0 aromatic rings. The minimum absolute atomic E-state index is 0.0535. The van der Waals surface area contributed by atoms with Crippen LogP contribution in [0.3, 0.4) is 0 Å².